The smallest absolute Gasteiger partial charge is 0.324 e. The number of anilines is 1. The average molecular weight is 376 g/mol. The van der Waals surface area contributed by atoms with E-state index in [0.29, 0.717) is 17.9 Å². The molecule has 4 amide bonds. The van der Waals surface area contributed by atoms with E-state index in [1.54, 1.807) is 13.8 Å². The first-order valence-electron chi connectivity index (χ1n) is 8.72. The van der Waals surface area contributed by atoms with Crippen molar-refractivity contribution in [2.45, 2.75) is 46.1 Å². The third kappa shape index (κ3) is 4.60. The fourth-order valence-electron chi connectivity index (χ4n) is 2.83. The van der Waals surface area contributed by atoms with Crippen LogP contribution in [-0.4, -0.2) is 39.8 Å². The number of nitrogens with zero attached hydrogens (tertiary/aromatic N) is 2. The number of amides is 4. The average Bonchev–Trinajstić information content (AvgIpc) is 2.78. The molecule has 0 aliphatic carbocycles. The molecule has 0 spiro atoms. The van der Waals surface area contributed by atoms with Crippen LogP contribution in [0.1, 0.15) is 39.2 Å². The Morgan fingerprint density at radius 3 is 2.63 bits per heavy atom. The molecule has 27 heavy (non-hydrogen) atoms. The second-order valence-corrected chi connectivity index (χ2v) is 7.39. The van der Waals surface area contributed by atoms with Gasteiger partial charge in [-0.05, 0) is 38.2 Å². The van der Waals surface area contributed by atoms with E-state index in [4.69, 9.17) is 0 Å². The van der Waals surface area contributed by atoms with Gasteiger partial charge in [-0.3, -0.25) is 24.6 Å². The summed E-state index contributed by atoms with van der Waals surface area (Å²) in [5.74, 6) is -0.671. The molecule has 1 aliphatic rings. The summed E-state index contributed by atoms with van der Waals surface area (Å²) >= 11 is 0. The van der Waals surface area contributed by atoms with Crippen LogP contribution in [-0.2, 0) is 9.59 Å². The Bertz CT molecular complexity index is 792. The SMILES string of the molecule is Cc1ccc([N+](=O)[O-])cc1NC(=O)CN1C(=O)N[C@](C)(CCC(C)C)C1=O. The lowest BCUT2D eigenvalue weighted by Gasteiger charge is -2.22. The molecule has 1 heterocycles. The van der Waals surface area contributed by atoms with Crippen molar-refractivity contribution in [2.24, 2.45) is 5.92 Å². The molecule has 2 N–H and O–H groups in total. The van der Waals surface area contributed by atoms with Gasteiger partial charge in [0.2, 0.25) is 5.91 Å². The summed E-state index contributed by atoms with van der Waals surface area (Å²) in [5, 5.41) is 16.1. The van der Waals surface area contributed by atoms with Gasteiger partial charge in [0.15, 0.2) is 0 Å². The Balaban J connectivity index is 2.08. The van der Waals surface area contributed by atoms with Gasteiger partial charge in [-0.15, -0.1) is 0 Å². The normalized spacial score (nSPS) is 19.4. The van der Waals surface area contributed by atoms with Crippen LogP contribution in [0.5, 0.6) is 0 Å². The number of hydrogen-bond acceptors (Lipinski definition) is 5. The minimum atomic E-state index is -1.02. The molecule has 1 saturated heterocycles. The highest BCUT2D eigenvalue weighted by molar-refractivity contribution is 6.10. The van der Waals surface area contributed by atoms with E-state index in [2.05, 4.69) is 10.6 Å². The lowest BCUT2D eigenvalue weighted by atomic mass is 9.92. The molecule has 9 nitrogen and oxygen atoms in total. The van der Waals surface area contributed by atoms with Gasteiger partial charge in [-0.2, -0.15) is 0 Å². The Kier molecular flexibility index (Phi) is 5.82. The number of nitro groups is 1. The first-order valence-corrected chi connectivity index (χ1v) is 8.72. The highest BCUT2D eigenvalue weighted by atomic mass is 16.6. The van der Waals surface area contributed by atoms with Crippen molar-refractivity contribution in [1.82, 2.24) is 10.2 Å². The molecule has 0 bridgehead atoms. The summed E-state index contributed by atoms with van der Waals surface area (Å²) in [7, 11) is 0. The Hall–Kier alpha value is -2.97. The number of carbonyl (C=O) groups excluding carboxylic acids is 3. The molecule has 0 unspecified atom stereocenters. The Morgan fingerprint density at radius 1 is 1.37 bits per heavy atom. The lowest BCUT2D eigenvalue weighted by Crippen LogP contribution is -2.44. The van der Waals surface area contributed by atoms with Crippen LogP contribution in [0.25, 0.3) is 0 Å². The number of benzene rings is 1. The van der Waals surface area contributed by atoms with Crippen molar-refractivity contribution in [1.29, 1.82) is 0 Å². The molecule has 2 rings (SSSR count). The topological polar surface area (TPSA) is 122 Å². The molecule has 1 atom stereocenters. The number of hydrogen-bond donors (Lipinski definition) is 2. The zero-order chi connectivity index (χ0) is 20.4. The van der Waals surface area contributed by atoms with Crippen LogP contribution < -0.4 is 10.6 Å². The molecule has 146 valence electrons. The monoisotopic (exact) mass is 376 g/mol. The van der Waals surface area contributed by atoms with E-state index in [1.807, 2.05) is 13.8 Å². The molecule has 0 saturated carbocycles. The minimum Gasteiger partial charge on any atom is -0.324 e. The summed E-state index contributed by atoms with van der Waals surface area (Å²) in [5.41, 5.74) is -0.285. The zero-order valence-electron chi connectivity index (χ0n) is 15.9. The summed E-state index contributed by atoms with van der Waals surface area (Å²) in [6.45, 7) is 6.94. The van der Waals surface area contributed by atoms with Crippen molar-refractivity contribution in [3.8, 4) is 0 Å². The highest BCUT2D eigenvalue weighted by Gasteiger charge is 2.47. The maximum Gasteiger partial charge on any atom is 0.325 e. The van der Waals surface area contributed by atoms with Crippen molar-refractivity contribution < 1.29 is 19.3 Å². The first-order chi connectivity index (χ1) is 12.5. The van der Waals surface area contributed by atoms with Crippen molar-refractivity contribution in [2.75, 3.05) is 11.9 Å². The molecule has 1 aromatic carbocycles. The summed E-state index contributed by atoms with van der Waals surface area (Å²) < 4.78 is 0. The number of nitrogens with one attached hydrogen (secondary N) is 2. The molecule has 1 aromatic rings. The number of urea groups is 1. The largest absolute Gasteiger partial charge is 0.325 e. The van der Waals surface area contributed by atoms with E-state index in [1.165, 1.54) is 18.2 Å². The van der Waals surface area contributed by atoms with E-state index in [0.717, 1.165) is 11.3 Å². The van der Waals surface area contributed by atoms with Crippen LogP contribution in [0.4, 0.5) is 16.2 Å². The fraction of sp³-hybridized carbons (Fsp3) is 0.500. The summed E-state index contributed by atoms with van der Waals surface area (Å²) in [4.78, 5) is 48.3. The standard InChI is InChI=1S/C18H24N4O5/c1-11(2)7-8-18(4)16(24)21(17(25)20-18)10-15(23)19-14-9-13(22(26)27)6-5-12(14)3/h5-6,9,11H,7-8,10H2,1-4H3,(H,19,23)(H,20,25)/t18-/m1/s1. The second-order valence-electron chi connectivity index (χ2n) is 7.39. The van der Waals surface area contributed by atoms with E-state index >= 15 is 0 Å². The quantitative estimate of drug-likeness (QED) is 0.430. The van der Waals surface area contributed by atoms with Crippen LogP contribution in [0.3, 0.4) is 0 Å². The molecule has 9 heteroatoms. The lowest BCUT2D eigenvalue weighted by molar-refractivity contribution is -0.384. The molecular weight excluding hydrogens is 352 g/mol. The zero-order valence-corrected chi connectivity index (χ0v) is 15.9. The molecule has 0 radical (unpaired) electrons. The van der Waals surface area contributed by atoms with Crippen molar-refractivity contribution >= 4 is 29.2 Å². The van der Waals surface area contributed by atoms with Crippen LogP contribution in [0.2, 0.25) is 0 Å². The fourth-order valence-corrected chi connectivity index (χ4v) is 2.83. The highest BCUT2D eigenvalue weighted by Crippen LogP contribution is 2.25. The maximum atomic E-state index is 12.6. The van der Waals surface area contributed by atoms with Crippen molar-refractivity contribution in [3.63, 3.8) is 0 Å². The van der Waals surface area contributed by atoms with E-state index in [9.17, 15) is 24.5 Å². The van der Waals surface area contributed by atoms with Crippen LogP contribution >= 0.6 is 0 Å². The number of rotatable bonds is 7. The number of aryl methyl sites for hydroxylation is 1. The summed E-state index contributed by atoms with van der Waals surface area (Å²) in [6, 6.07) is 3.48. The van der Waals surface area contributed by atoms with E-state index < -0.39 is 34.9 Å². The Labute approximate surface area is 157 Å². The third-order valence-electron chi connectivity index (χ3n) is 4.57. The number of imide groups is 1. The molecular formula is C18H24N4O5. The summed E-state index contributed by atoms with van der Waals surface area (Å²) in [6.07, 6.45) is 1.24. The van der Waals surface area contributed by atoms with Gasteiger partial charge in [-0.1, -0.05) is 19.9 Å². The van der Waals surface area contributed by atoms with Gasteiger partial charge in [0.05, 0.1) is 10.6 Å². The van der Waals surface area contributed by atoms with Gasteiger partial charge in [0, 0.05) is 12.1 Å². The number of non-ortho nitro benzene ring substituents is 1. The van der Waals surface area contributed by atoms with E-state index in [-0.39, 0.29) is 11.4 Å². The Morgan fingerprint density at radius 2 is 2.04 bits per heavy atom. The van der Waals surface area contributed by atoms with Gasteiger partial charge < -0.3 is 10.6 Å². The van der Waals surface area contributed by atoms with Crippen LogP contribution in [0, 0.1) is 23.0 Å². The number of carbonyl (C=O) groups is 3. The molecule has 0 aromatic heterocycles. The molecule has 1 fully saturated rings. The predicted molar refractivity (Wildman–Crippen MR) is 99.2 cm³/mol. The second kappa shape index (κ2) is 7.73. The van der Waals surface area contributed by atoms with Gasteiger partial charge in [0.1, 0.15) is 12.1 Å². The third-order valence-corrected chi connectivity index (χ3v) is 4.57. The van der Waals surface area contributed by atoms with Gasteiger partial charge in [-0.25, -0.2) is 4.79 Å². The first kappa shape index (κ1) is 20.3. The van der Waals surface area contributed by atoms with Crippen molar-refractivity contribution in [3.05, 3.63) is 33.9 Å². The predicted octanol–water partition coefficient (Wildman–Crippen LogP) is 2.59. The maximum absolute atomic E-state index is 12.6. The van der Waals surface area contributed by atoms with Gasteiger partial charge >= 0.3 is 6.03 Å². The van der Waals surface area contributed by atoms with Gasteiger partial charge in [0.25, 0.3) is 11.6 Å². The molecule has 1 aliphatic heterocycles. The van der Waals surface area contributed by atoms with Crippen LogP contribution in [0.15, 0.2) is 18.2 Å². The number of nitro benzene ring substituents is 1. The minimum absolute atomic E-state index is 0.160.